The van der Waals surface area contributed by atoms with Gasteiger partial charge < -0.3 is 0 Å². The molecule has 11 heavy (non-hydrogen) atoms. The highest BCUT2D eigenvalue weighted by molar-refractivity contribution is 9.10. The molecule has 0 fully saturated rings. The molecule has 0 spiro atoms. The number of likely N-dealkylation sites (N-methyl/N-ethyl adjacent to an activating group) is 1. The molecule has 0 aromatic heterocycles. The minimum atomic E-state index is -2.82. The van der Waals surface area contributed by atoms with Crippen LogP contribution in [0.3, 0.4) is 0 Å². The van der Waals surface area contributed by atoms with Gasteiger partial charge in [-0.1, -0.05) is 17.7 Å². The van der Waals surface area contributed by atoms with Gasteiger partial charge in [0.1, 0.15) is 0 Å². The van der Waals surface area contributed by atoms with Gasteiger partial charge >= 0.3 is 4.83 Å². The van der Waals surface area contributed by atoms with E-state index in [-0.39, 0.29) is 6.54 Å². The van der Waals surface area contributed by atoms with Crippen molar-refractivity contribution in [2.24, 2.45) is 0 Å². The van der Waals surface area contributed by atoms with E-state index in [4.69, 9.17) is 11.6 Å². The van der Waals surface area contributed by atoms with E-state index >= 15 is 0 Å². The highest BCUT2D eigenvalue weighted by atomic mass is 79.9. The van der Waals surface area contributed by atoms with Gasteiger partial charge in [0.15, 0.2) is 0 Å². The Morgan fingerprint density at radius 3 is 2.55 bits per heavy atom. The molecular weight excluding hydrogens is 239 g/mol. The van der Waals surface area contributed by atoms with Crippen LogP contribution in [0.1, 0.15) is 0 Å². The van der Waals surface area contributed by atoms with Crippen molar-refractivity contribution in [3.05, 3.63) is 11.6 Å². The molecule has 0 unspecified atom stereocenters. The Hall–Kier alpha value is 0.330. The number of alkyl halides is 3. The second kappa shape index (κ2) is 5.06. The van der Waals surface area contributed by atoms with Crippen molar-refractivity contribution in [2.75, 3.05) is 20.1 Å². The van der Waals surface area contributed by atoms with Gasteiger partial charge in [-0.05, 0) is 23.0 Å². The third kappa shape index (κ3) is 8.23. The van der Waals surface area contributed by atoms with E-state index in [1.807, 2.05) is 0 Å². The molecule has 0 saturated heterocycles. The Morgan fingerprint density at radius 2 is 2.18 bits per heavy atom. The summed E-state index contributed by atoms with van der Waals surface area (Å²) in [6, 6.07) is 0. The molecule has 0 rings (SSSR count). The van der Waals surface area contributed by atoms with E-state index in [0.717, 1.165) is 0 Å². The Kier molecular flexibility index (Phi) is 5.21. The van der Waals surface area contributed by atoms with Crippen LogP contribution in [0.4, 0.5) is 8.78 Å². The fraction of sp³-hybridized carbons (Fsp3) is 0.667. The molecule has 0 aliphatic carbocycles. The van der Waals surface area contributed by atoms with Crippen molar-refractivity contribution in [1.82, 2.24) is 4.90 Å². The van der Waals surface area contributed by atoms with E-state index in [1.165, 1.54) is 10.4 Å². The Labute approximate surface area is 78.1 Å². The Bertz CT molecular complexity index is 135. The molecule has 0 amide bonds. The van der Waals surface area contributed by atoms with Crippen LogP contribution in [0.2, 0.25) is 0 Å². The van der Waals surface area contributed by atoms with Crippen molar-refractivity contribution >= 4 is 27.5 Å². The lowest BCUT2D eigenvalue weighted by Gasteiger charge is -2.17. The van der Waals surface area contributed by atoms with Gasteiger partial charge in [-0.3, -0.25) is 4.90 Å². The summed E-state index contributed by atoms with van der Waals surface area (Å²) in [5.41, 5.74) is 1.31. The topological polar surface area (TPSA) is 3.24 Å². The summed E-state index contributed by atoms with van der Waals surface area (Å²) < 4.78 is 24.4. The van der Waals surface area contributed by atoms with Crippen LogP contribution in [-0.2, 0) is 0 Å². The van der Waals surface area contributed by atoms with Gasteiger partial charge in [-0.2, -0.15) is 8.78 Å². The maximum atomic E-state index is 12.2. The van der Waals surface area contributed by atoms with Gasteiger partial charge in [0.05, 0.1) is 6.54 Å². The van der Waals surface area contributed by atoms with Gasteiger partial charge in [0.2, 0.25) is 0 Å². The van der Waals surface area contributed by atoms with Crippen molar-refractivity contribution in [3.63, 3.8) is 0 Å². The molecule has 5 heteroatoms. The quantitative estimate of drug-likeness (QED) is 0.692. The third-order valence-corrected chi connectivity index (χ3v) is 1.38. The van der Waals surface area contributed by atoms with E-state index < -0.39 is 4.83 Å². The molecule has 0 aromatic rings. The minimum Gasteiger partial charge on any atom is -0.296 e. The Morgan fingerprint density at radius 1 is 1.64 bits per heavy atom. The first-order chi connectivity index (χ1) is 4.95. The monoisotopic (exact) mass is 247 g/mol. The average molecular weight is 248 g/mol. The summed E-state index contributed by atoms with van der Waals surface area (Å²) >= 11 is 7.45. The molecular formula is C6H9BrClF2N. The van der Waals surface area contributed by atoms with Crippen LogP contribution < -0.4 is 0 Å². The average Bonchev–Trinajstić information content (AvgIpc) is 1.79. The zero-order valence-corrected chi connectivity index (χ0v) is 8.37. The zero-order valence-electron chi connectivity index (χ0n) is 6.03. The lowest BCUT2D eigenvalue weighted by atomic mass is 10.5. The number of halogens is 4. The molecule has 0 atom stereocenters. The largest absolute Gasteiger partial charge is 0.313 e. The number of hydrogen-bond acceptors (Lipinski definition) is 1. The standard InChI is InChI=1S/C6H9BrClF2N/c1-11(4-2-3-8)5-6(7,9)10/h2-3H,4-5H2,1H3/b3-2+. The molecule has 0 N–H and O–H groups in total. The van der Waals surface area contributed by atoms with E-state index in [1.54, 1.807) is 13.1 Å². The number of nitrogens with zero attached hydrogens (tertiary/aromatic N) is 1. The molecule has 0 aliphatic heterocycles. The fourth-order valence-electron chi connectivity index (χ4n) is 0.590. The molecule has 0 saturated carbocycles. The molecule has 1 nitrogen and oxygen atoms in total. The summed E-state index contributed by atoms with van der Waals surface area (Å²) in [6.07, 6.45) is 1.60. The first kappa shape index (κ1) is 11.3. The second-order valence-electron chi connectivity index (χ2n) is 2.17. The first-order valence-corrected chi connectivity index (χ1v) is 4.19. The van der Waals surface area contributed by atoms with Crippen LogP contribution in [0.25, 0.3) is 0 Å². The molecule has 66 valence electrons. The highest BCUT2D eigenvalue weighted by Crippen LogP contribution is 2.21. The third-order valence-electron chi connectivity index (χ3n) is 0.955. The summed E-state index contributed by atoms with van der Waals surface area (Å²) in [4.78, 5) is -1.37. The lowest BCUT2D eigenvalue weighted by molar-refractivity contribution is 0.0762. The first-order valence-electron chi connectivity index (χ1n) is 2.96. The predicted molar refractivity (Wildman–Crippen MR) is 46.4 cm³/mol. The van der Waals surface area contributed by atoms with Crippen LogP contribution in [0.5, 0.6) is 0 Å². The summed E-state index contributed by atoms with van der Waals surface area (Å²) in [7, 11) is 1.59. The van der Waals surface area contributed by atoms with Crippen LogP contribution in [0.15, 0.2) is 11.6 Å². The van der Waals surface area contributed by atoms with E-state index in [0.29, 0.717) is 6.54 Å². The number of hydrogen-bond donors (Lipinski definition) is 0. The van der Waals surface area contributed by atoms with Gasteiger partial charge in [-0.25, -0.2) is 0 Å². The zero-order chi connectivity index (χ0) is 8.91. The van der Waals surface area contributed by atoms with E-state index in [2.05, 4.69) is 15.9 Å². The maximum Gasteiger partial charge on any atom is 0.313 e. The lowest BCUT2D eigenvalue weighted by Crippen LogP contribution is -2.29. The summed E-state index contributed by atoms with van der Waals surface area (Å²) in [6.45, 7) is 0.0961. The molecule has 0 bridgehead atoms. The van der Waals surface area contributed by atoms with Crippen LogP contribution >= 0.6 is 27.5 Å². The summed E-state index contributed by atoms with van der Waals surface area (Å²) in [5.74, 6) is 0. The van der Waals surface area contributed by atoms with Crippen molar-refractivity contribution < 1.29 is 8.78 Å². The smallest absolute Gasteiger partial charge is 0.296 e. The SMILES string of the molecule is CN(C/C=C/Cl)CC(F)(F)Br. The predicted octanol–water partition coefficient (Wildman–Crippen LogP) is 2.66. The maximum absolute atomic E-state index is 12.2. The molecule has 0 radical (unpaired) electrons. The minimum absolute atomic E-state index is 0.325. The van der Waals surface area contributed by atoms with Crippen LogP contribution in [-0.4, -0.2) is 29.9 Å². The van der Waals surface area contributed by atoms with Crippen molar-refractivity contribution in [2.45, 2.75) is 4.83 Å². The van der Waals surface area contributed by atoms with Crippen molar-refractivity contribution in [1.29, 1.82) is 0 Å². The summed E-state index contributed by atoms with van der Waals surface area (Å²) in [5, 5.41) is 0. The molecule has 0 aliphatic rings. The van der Waals surface area contributed by atoms with Crippen LogP contribution in [0, 0.1) is 0 Å². The van der Waals surface area contributed by atoms with Gasteiger partial charge in [-0.15, -0.1) is 0 Å². The number of rotatable bonds is 4. The van der Waals surface area contributed by atoms with Gasteiger partial charge in [0.25, 0.3) is 0 Å². The van der Waals surface area contributed by atoms with E-state index in [9.17, 15) is 8.78 Å². The van der Waals surface area contributed by atoms with Crippen molar-refractivity contribution in [3.8, 4) is 0 Å². The molecule has 0 aromatic carbocycles. The second-order valence-corrected chi connectivity index (χ2v) is 3.59. The highest BCUT2D eigenvalue weighted by Gasteiger charge is 2.25. The Balaban J connectivity index is 3.60. The molecule has 0 heterocycles. The fourth-order valence-corrected chi connectivity index (χ4v) is 1.10. The van der Waals surface area contributed by atoms with Gasteiger partial charge in [0, 0.05) is 12.1 Å². The normalized spacial score (nSPS) is 13.3.